The number of ether oxygens (including phenoxy) is 2. The minimum atomic E-state index is 0.00754. The third-order valence-corrected chi connectivity index (χ3v) is 5.17. The summed E-state index contributed by atoms with van der Waals surface area (Å²) >= 11 is 0. The van der Waals surface area contributed by atoms with E-state index in [4.69, 9.17) is 9.47 Å². The molecule has 6 nitrogen and oxygen atoms in total. The second kappa shape index (κ2) is 9.48. The van der Waals surface area contributed by atoms with E-state index in [2.05, 4.69) is 11.2 Å². The number of methoxy groups -OCH3 is 2. The Morgan fingerprint density at radius 3 is 2.23 bits per heavy atom. The minimum absolute atomic E-state index is 0.00754. The molecule has 0 bridgehead atoms. The van der Waals surface area contributed by atoms with Crippen LogP contribution in [0.15, 0.2) is 48.5 Å². The molecule has 0 N–H and O–H groups in total. The van der Waals surface area contributed by atoms with Crippen LogP contribution in [-0.4, -0.2) is 48.4 Å². The molecule has 0 radical (unpaired) electrons. The average molecular weight is 408 g/mol. The zero-order chi connectivity index (χ0) is 21.7. The average Bonchev–Trinajstić information content (AvgIpc) is 3.08. The van der Waals surface area contributed by atoms with E-state index in [-0.39, 0.29) is 5.91 Å². The van der Waals surface area contributed by atoms with Crippen molar-refractivity contribution in [2.24, 2.45) is 0 Å². The maximum absolute atomic E-state index is 12.8. The normalized spacial score (nSPS) is 10.7. The smallest absolute Gasteiger partial charge is 0.253 e. The van der Waals surface area contributed by atoms with E-state index in [1.54, 1.807) is 19.1 Å². The Morgan fingerprint density at radius 1 is 0.967 bits per heavy atom. The second-order valence-electron chi connectivity index (χ2n) is 7.45. The first-order chi connectivity index (χ1) is 14.4. The lowest BCUT2D eigenvalue weighted by atomic mass is 10.1. The summed E-state index contributed by atoms with van der Waals surface area (Å²) in [4.78, 5) is 14.5. The minimum Gasteiger partial charge on any atom is -0.493 e. The van der Waals surface area contributed by atoms with Crippen molar-refractivity contribution in [3.05, 3.63) is 76.6 Å². The number of rotatable bonds is 8. The van der Waals surface area contributed by atoms with Crippen LogP contribution in [0, 0.1) is 13.8 Å². The Hall–Kier alpha value is -3.28. The van der Waals surface area contributed by atoms with Gasteiger partial charge in [-0.05, 0) is 61.7 Å². The molecule has 1 heterocycles. The van der Waals surface area contributed by atoms with Crippen LogP contribution < -0.4 is 9.47 Å². The van der Waals surface area contributed by atoms with Crippen molar-refractivity contribution in [2.45, 2.75) is 26.8 Å². The molecule has 0 saturated carbocycles. The number of benzene rings is 2. The van der Waals surface area contributed by atoms with E-state index in [0.29, 0.717) is 30.2 Å². The number of aromatic nitrogens is 2. The molecule has 0 aliphatic rings. The molecule has 1 aromatic heterocycles. The monoisotopic (exact) mass is 407 g/mol. The van der Waals surface area contributed by atoms with Gasteiger partial charge in [-0.3, -0.25) is 9.48 Å². The Balaban J connectivity index is 1.60. The molecule has 0 fully saturated rings. The molecule has 1 amide bonds. The van der Waals surface area contributed by atoms with E-state index in [1.807, 2.05) is 68.0 Å². The molecule has 3 aromatic rings. The zero-order valence-corrected chi connectivity index (χ0v) is 18.3. The first kappa shape index (κ1) is 21.4. The molecule has 0 saturated heterocycles. The Bertz CT molecular complexity index is 1010. The fraction of sp³-hybridized carbons (Fsp3) is 0.333. The highest BCUT2D eigenvalue weighted by molar-refractivity contribution is 5.94. The van der Waals surface area contributed by atoms with Gasteiger partial charge in [0.1, 0.15) is 0 Å². The highest BCUT2D eigenvalue weighted by atomic mass is 16.5. The standard InChI is InChI=1S/C24H29N3O3/c1-17-14-18(2)27(25-17)16-20-6-9-21(10-7-20)24(28)26(3)13-12-19-8-11-22(29-4)23(15-19)30-5/h6-11,14-15H,12-13,16H2,1-5H3. The SMILES string of the molecule is COc1ccc(CCN(C)C(=O)c2ccc(Cn3nc(C)cc3C)cc2)cc1OC. The molecule has 0 unspecified atom stereocenters. The summed E-state index contributed by atoms with van der Waals surface area (Å²) in [6.07, 6.45) is 0.735. The van der Waals surface area contributed by atoms with Gasteiger partial charge in [-0.25, -0.2) is 0 Å². The Kier molecular flexibility index (Phi) is 6.77. The summed E-state index contributed by atoms with van der Waals surface area (Å²) in [5.74, 6) is 1.40. The number of carbonyl (C=O) groups excluding carboxylic acids is 1. The van der Waals surface area contributed by atoms with Gasteiger partial charge in [-0.2, -0.15) is 5.10 Å². The van der Waals surface area contributed by atoms with E-state index < -0.39 is 0 Å². The maximum atomic E-state index is 12.8. The van der Waals surface area contributed by atoms with E-state index >= 15 is 0 Å². The molecule has 30 heavy (non-hydrogen) atoms. The lowest BCUT2D eigenvalue weighted by Gasteiger charge is -2.18. The van der Waals surface area contributed by atoms with Gasteiger partial charge in [-0.15, -0.1) is 0 Å². The van der Waals surface area contributed by atoms with Crippen molar-refractivity contribution in [1.82, 2.24) is 14.7 Å². The summed E-state index contributed by atoms with van der Waals surface area (Å²) in [5, 5.41) is 4.49. The Labute approximate surface area is 178 Å². The van der Waals surface area contributed by atoms with Crippen molar-refractivity contribution in [3.63, 3.8) is 0 Å². The van der Waals surface area contributed by atoms with Crippen LogP contribution in [0.1, 0.15) is 32.9 Å². The lowest BCUT2D eigenvalue weighted by Crippen LogP contribution is -2.28. The number of carbonyl (C=O) groups is 1. The third kappa shape index (κ3) is 5.00. The lowest BCUT2D eigenvalue weighted by molar-refractivity contribution is 0.0796. The summed E-state index contributed by atoms with van der Waals surface area (Å²) in [7, 11) is 5.06. The number of amides is 1. The number of likely N-dealkylation sites (N-methyl/N-ethyl adjacent to an activating group) is 1. The van der Waals surface area contributed by atoms with E-state index in [9.17, 15) is 4.79 Å². The molecule has 3 rings (SSSR count). The van der Waals surface area contributed by atoms with Crippen LogP contribution in [0.2, 0.25) is 0 Å². The van der Waals surface area contributed by atoms with Gasteiger partial charge >= 0.3 is 0 Å². The fourth-order valence-electron chi connectivity index (χ4n) is 3.42. The molecule has 6 heteroatoms. The van der Waals surface area contributed by atoms with Gasteiger partial charge in [0.05, 0.1) is 26.5 Å². The maximum Gasteiger partial charge on any atom is 0.253 e. The predicted octanol–water partition coefficient (Wildman–Crippen LogP) is 3.88. The van der Waals surface area contributed by atoms with Crippen LogP contribution in [0.4, 0.5) is 0 Å². The van der Waals surface area contributed by atoms with Gasteiger partial charge in [-0.1, -0.05) is 18.2 Å². The van der Waals surface area contributed by atoms with Crippen molar-refractivity contribution >= 4 is 5.91 Å². The number of nitrogens with zero attached hydrogens (tertiary/aromatic N) is 3. The van der Waals surface area contributed by atoms with Crippen molar-refractivity contribution in [2.75, 3.05) is 27.8 Å². The Morgan fingerprint density at radius 2 is 1.63 bits per heavy atom. The largest absolute Gasteiger partial charge is 0.493 e. The van der Waals surface area contributed by atoms with Gasteiger partial charge in [0, 0.05) is 24.8 Å². The topological polar surface area (TPSA) is 56.6 Å². The molecule has 0 aliphatic carbocycles. The van der Waals surface area contributed by atoms with Gasteiger partial charge in [0.15, 0.2) is 11.5 Å². The summed E-state index contributed by atoms with van der Waals surface area (Å²) < 4.78 is 12.6. The van der Waals surface area contributed by atoms with Crippen LogP contribution in [-0.2, 0) is 13.0 Å². The highest BCUT2D eigenvalue weighted by Crippen LogP contribution is 2.27. The molecule has 0 spiro atoms. The van der Waals surface area contributed by atoms with E-state index in [0.717, 1.165) is 28.9 Å². The molecular weight excluding hydrogens is 378 g/mol. The van der Waals surface area contributed by atoms with Crippen molar-refractivity contribution in [1.29, 1.82) is 0 Å². The molecule has 0 aliphatic heterocycles. The highest BCUT2D eigenvalue weighted by Gasteiger charge is 2.13. The quantitative estimate of drug-likeness (QED) is 0.569. The fourth-order valence-corrected chi connectivity index (χ4v) is 3.42. The van der Waals surface area contributed by atoms with Crippen LogP contribution in [0.5, 0.6) is 11.5 Å². The van der Waals surface area contributed by atoms with E-state index in [1.165, 1.54) is 0 Å². The van der Waals surface area contributed by atoms with Gasteiger partial charge < -0.3 is 14.4 Å². The number of hydrogen-bond acceptors (Lipinski definition) is 4. The van der Waals surface area contributed by atoms with Crippen LogP contribution in [0.3, 0.4) is 0 Å². The van der Waals surface area contributed by atoms with Crippen molar-refractivity contribution in [3.8, 4) is 11.5 Å². The zero-order valence-electron chi connectivity index (χ0n) is 18.3. The number of hydrogen-bond donors (Lipinski definition) is 0. The first-order valence-corrected chi connectivity index (χ1v) is 9.97. The van der Waals surface area contributed by atoms with Gasteiger partial charge in [0.25, 0.3) is 5.91 Å². The summed E-state index contributed by atoms with van der Waals surface area (Å²) in [6, 6.07) is 15.6. The summed E-state index contributed by atoms with van der Waals surface area (Å²) in [6.45, 7) is 5.35. The third-order valence-electron chi connectivity index (χ3n) is 5.17. The molecule has 2 aromatic carbocycles. The number of aryl methyl sites for hydroxylation is 2. The van der Waals surface area contributed by atoms with Crippen molar-refractivity contribution < 1.29 is 14.3 Å². The predicted molar refractivity (Wildman–Crippen MR) is 117 cm³/mol. The second-order valence-corrected chi connectivity index (χ2v) is 7.45. The molecular formula is C24H29N3O3. The molecule has 158 valence electrons. The first-order valence-electron chi connectivity index (χ1n) is 9.97. The summed E-state index contributed by atoms with van der Waals surface area (Å²) in [5.41, 5.74) is 5.03. The van der Waals surface area contributed by atoms with Crippen LogP contribution in [0.25, 0.3) is 0 Å². The van der Waals surface area contributed by atoms with Crippen LogP contribution >= 0.6 is 0 Å². The van der Waals surface area contributed by atoms with Gasteiger partial charge in [0.2, 0.25) is 0 Å². The molecule has 0 atom stereocenters.